The van der Waals surface area contributed by atoms with Gasteiger partial charge in [-0.2, -0.15) is 0 Å². The predicted octanol–water partition coefficient (Wildman–Crippen LogP) is 2.19. The SMILES string of the molecule is Cc1ccccc1CC(=O)N1CCN(C(=O)NC(C)(C)C)CC1. The molecular weight excluding hydrogens is 290 g/mol. The molecule has 2 rings (SSSR count). The minimum absolute atomic E-state index is 0.0523. The molecule has 1 aliphatic rings. The molecule has 1 aromatic carbocycles. The van der Waals surface area contributed by atoms with Crippen molar-refractivity contribution in [1.82, 2.24) is 15.1 Å². The van der Waals surface area contributed by atoms with E-state index in [0.29, 0.717) is 32.6 Å². The summed E-state index contributed by atoms with van der Waals surface area (Å²) in [5, 5.41) is 2.96. The number of amides is 3. The number of rotatable bonds is 2. The molecule has 1 saturated heterocycles. The van der Waals surface area contributed by atoms with Crippen molar-refractivity contribution in [3.05, 3.63) is 35.4 Å². The summed E-state index contributed by atoms with van der Waals surface area (Å²) in [6.07, 6.45) is 0.431. The molecular formula is C18H27N3O2. The number of benzene rings is 1. The van der Waals surface area contributed by atoms with Gasteiger partial charge in [0.25, 0.3) is 0 Å². The molecule has 5 nitrogen and oxygen atoms in total. The van der Waals surface area contributed by atoms with Gasteiger partial charge in [0.15, 0.2) is 0 Å². The molecule has 0 radical (unpaired) electrons. The van der Waals surface area contributed by atoms with E-state index in [0.717, 1.165) is 11.1 Å². The maximum absolute atomic E-state index is 12.4. The lowest BCUT2D eigenvalue weighted by Crippen LogP contribution is -2.56. The highest BCUT2D eigenvalue weighted by atomic mass is 16.2. The van der Waals surface area contributed by atoms with Crippen LogP contribution in [0.4, 0.5) is 4.79 Å². The Kier molecular flexibility index (Phi) is 5.29. The number of hydrogen-bond acceptors (Lipinski definition) is 2. The molecule has 23 heavy (non-hydrogen) atoms. The molecule has 1 aliphatic heterocycles. The second-order valence-corrected chi connectivity index (χ2v) is 7.15. The van der Waals surface area contributed by atoms with Crippen molar-refractivity contribution in [2.75, 3.05) is 26.2 Å². The Labute approximate surface area is 138 Å². The van der Waals surface area contributed by atoms with Crippen molar-refractivity contribution < 1.29 is 9.59 Å². The van der Waals surface area contributed by atoms with E-state index in [1.807, 2.05) is 56.9 Å². The van der Waals surface area contributed by atoms with Crippen LogP contribution in [-0.4, -0.2) is 53.5 Å². The third-order valence-corrected chi connectivity index (χ3v) is 4.00. The van der Waals surface area contributed by atoms with Crippen LogP contribution in [0.1, 0.15) is 31.9 Å². The van der Waals surface area contributed by atoms with Crippen LogP contribution in [0.25, 0.3) is 0 Å². The van der Waals surface area contributed by atoms with Crippen LogP contribution in [0.5, 0.6) is 0 Å². The van der Waals surface area contributed by atoms with Crippen molar-refractivity contribution >= 4 is 11.9 Å². The molecule has 1 fully saturated rings. The van der Waals surface area contributed by atoms with Crippen LogP contribution in [0, 0.1) is 6.92 Å². The Morgan fingerprint density at radius 3 is 2.17 bits per heavy atom. The van der Waals surface area contributed by atoms with E-state index in [2.05, 4.69) is 5.32 Å². The number of nitrogens with zero attached hydrogens (tertiary/aromatic N) is 2. The third-order valence-electron chi connectivity index (χ3n) is 4.00. The monoisotopic (exact) mass is 317 g/mol. The van der Waals surface area contributed by atoms with Gasteiger partial charge in [-0.25, -0.2) is 4.79 Å². The van der Waals surface area contributed by atoms with Gasteiger partial charge < -0.3 is 15.1 Å². The highest BCUT2D eigenvalue weighted by molar-refractivity contribution is 5.80. The quantitative estimate of drug-likeness (QED) is 0.909. The van der Waals surface area contributed by atoms with Gasteiger partial charge in [-0.1, -0.05) is 24.3 Å². The molecule has 0 saturated carbocycles. The van der Waals surface area contributed by atoms with Gasteiger partial charge in [-0.3, -0.25) is 4.79 Å². The molecule has 0 aliphatic carbocycles. The van der Waals surface area contributed by atoms with E-state index in [1.165, 1.54) is 0 Å². The van der Waals surface area contributed by atoms with Crippen molar-refractivity contribution in [1.29, 1.82) is 0 Å². The van der Waals surface area contributed by atoms with Crippen LogP contribution in [0.3, 0.4) is 0 Å². The minimum Gasteiger partial charge on any atom is -0.339 e. The van der Waals surface area contributed by atoms with Gasteiger partial charge in [0.1, 0.15) is 0 Å². The maximum atomic E-state index is 12.4. The number of carbonyl (C=O) groups excluding carboxylic acids is 2. The summed E-state index contributed by atoms with van der Waals surface area (Å²) in [7, 11) is 0. The zero-order valence-corrected chi connectivity index (χ0v) is 14.6. The van der Waals surface area contributed by atoms with Gasteiger partial charge >= 0.3 is 6.03 Å². The number of urea groups is 1. The van der Waals surface area contributed by atoms with Gasteiger partial charge in [-0.15, -0.1) is 0 Å². The summed E-state index contributed by atoms with van der Waals surface area (Å²) in [6.45, 7) is 10.3. The van der Waals surface area contributed by atoms with Gasteiger partial charge in [0.2, 0.25) is 5.91 Å². The maximum Gasteiger partial charge on any atom is 0.317 e. The lowest BCUT2D eigenvalue weighted by Gasteiger charge is -2.36. The molecule has 0 spiro atoms. The van der Waals surface area contributed by atoms with E-state index in [-0.39, 0.29) is 17.5 Å². The molecule has 0 atom stereocenters. The molecule has 0 unspecified atom stereocenters. The number of piperazine rings is 1. The van der Waals surface area contributed by atoms with Crippen LogP contribution in [0.2, 0.25) is 0 Å². The highest BCUT2D eigenvalue weighted by Gasteiger charge is 2.26. The fraction of sp³-hybridized carbons (Fsp3) is 0.556. The molecule has 0 aromatic heterocycles. The van der Waals surface area contributed by atoms with E-state index < -0.39 is 0 Å². The average Bonchev–Trinajstić information content (AvgIpc) is 2.48. The predicted molar refractivity (Wildman–Crippen MR) is 91.3 cm³/mol. The first-order valence-electron chi connectivity index (χ1n) is 8.15. The topological polar surface area (TPSA) is 52.7 Å². The number of hydrogen-bond donors (Lipinski definition) is 1. The van der Waals surface area contributed by atoms with Crippen molar-refractivity contribution in [2.45, 2.75) is 39.7 Å². The van der Waals surface area contributed by atoms with Crippen LogP contribution >= 0.6 is 0 Å². The summed E-state index contributed by atoms with van der Waals surface area (Å²) in [5.74, 6) is 0.134. The number of aryl methyl sites for hydroxylation is 1. The molecule has 1 heterocycles. The summed E-state index contributed by atoms with van der Waals surface area (Å²) in [4.78, 5) is 28.2. The largest absolute Gasteiger partial charge is 0.339 e. The van der Waals surface area contributed by atoms with E-state index in [4.69, 9.17) is 0 Å². The third kappa shape index (κ3) is 4.98. The zero-order chi connectivity index (χ0) is 17.0. The average molecular weight is 317 g/mol. The van der Waals surface area contributed by atoms with Gasteiger partial charge in [0.05, 0.1) is 6.42 Å². The first-order valence-corrected chi connectivity index (χ1v) is 8.15. The fourth-order valence-corrected chi connectivity index (χ4v) is 2.64. The Hall–Kier alpha value is -2.04. The lowest BCUT2D eigenvalue weighted by molar-refractivity contribution is -0.131. The van der Waals surface area contributed by atoms with Crippen molar-refractivity contribution in [3.63, 3.8) is 0 Å². The molecule has 1 aromatic rings. The van der Waals surface area contributed by atoms with Crippen LogP contribution in [0.15, 0.2) is 24.3 Å². The van der Waals surface area contributed by atoms with Crippen molar-refractivity contribution in [3.8, 4) is 0 Å². The lowest BCUT2D eigenvalue weighted by atomic mass is 10.1. The zero-order valence-electron chi connectivity index (χ0n) is 14.6. The van der Waals surface area contributed by atoms with Crippen molar-refractivity contribution in [2.24, 2.45) is 0 Å². The number of nitrogens with one attached hydrogen (secondary N) is 1. The first-order chi connectivity index (χ1) is 10.8. The molecule has 1 N–H and O–H groups in total. The van der Waals surface area contributed by atoms with Crippen LogP contribution in [-0.2, 0) is 11.2 Å². The summed E-state index contributed by atoms with van der Waals surface area (Å²) < 4.78 is 0. The highest BCUT2D eigenvalue weighted by Crippen LogP contribution is 2.11. The summed E-state index contributed by atoms with van der Waals surface area (Å²) in [5.41, 5.74) is 1.98. The van der Waals surface area contributed by atoms with Gasteiger partial charge in [-0.05, 0) is 38.8 Å². The fourth-order valence-electron chi connectivity index (χ4n) is 2.64. The Balaban J connectivity index is 1.85. The Morgan fingerprint density at radius 1 is 1.04 bits per heavy atom. The van der Waals surface area contributed by atoms with E-state index >= 15 is 0 Å². The second-order valence-electron chi connectivity index (χ2n) is 7.15. The van der Waals surface area contributed by atoms with E-state index in [1.54, 1.807) is 4.90 Å². The first kappa shape index (κ1) is 17.3. The molecule has 0 bridgehead atoms. The van der Waals surface area contributed by atoms with E-state index in [9.17, 15) is 9.59 Å². The molecule has 5 heteroatoms. The summed E-state index contributed by atoms with van der Waals surface area (Å²) in [6, 6.07) is 7.92. The minimum atomic E-state index is -0.241. The summed E-state index contributed by atoms with van der Waals surface area (Å²) >= 11 is 0. The second kappa shape index (κ2) is 7.02. The standard InChI is InChI=1S/C18H27N3O2/c1-14-7-5-6-8-15(14)13-16(22)20-9-11-21(12-10-20)17(23)19-18(2,3)4/h5-8H,9-13H2,1-4H3,(H,19,23). The Morgan fingerprint density at radius 2 is 1.61 bits per heavy atom. The molecule has 3 amide bonds. The smallest absolute Gasteiger partial charge is 0.317 e. The van der Waals surface area contributed by atoms with Gasteiger partial charge in [0, 0.05) is 31.7 Å². The van der Waals surface area contributed by atoms with Crippen LogP contribution < -0.4 is 5.32 Å². The molecule has 126 valence electrons. The number of carbonyl (C=O) groups is 2. The normalized spacial score (nSPS) is 15.5. The Bertz CT molecular complexity index is 570.